The van der Waals surface area contributed by atoms with Gasteiger partial charge in [-0.3, -0.25) is 0 Å². The zero-order valence-electron chi connectivity index (χ0n) is 10.8. The van der Waals surface area contributed by atoms with E-state index in [-0.39, 0.29) is 22.5 Å². The number of rotatable bonds is 2. The van der Waals surface area contributed by atoms with Crippen LogP contribution in [0.15, 0.2) is 12.1 Å². The molecular formula is C13H16Cl2N2O2S. The van der Waals surface area contributed by atoms with Gasteiger partial charge in [0.2, 0.25) is 0 Å². The number of nitrogens with zero attached hydrogens (tertiary/aromatic N) is 1. The molecule has 0 unspecified atom stereocenters. The van der Waals surface area contributed by atoms with Crippen molar-refractivity contribution in [2.45, 2.75) is 38.1 Å². The van der Waals surface area contributed by atoms with E-state index in [0.717, 1.165) is 30.0 Å². The first-order valence-electron chi connectivity index (χ1n) is 6.46. The van der Waals surface area contributed by atoms with Crippen molar-refractivity contribution in [3.05, 3.63) is 22.2 Å². The second-order valence-electron chi connectivity index (χ2n) is 4.85. The van der Waals surface area contributed by atoms with E-state index in [1.807, 2.05) is 0 Å². The molecule has 0 aliphatic heterocycles. The average molecular weight is 335 g/mol. The van der Waals surface area contributed by atoms with Crippen LogP contribution in [0.2, 0.25) is 10.0 Å². The molecule has 1 aromatic rings. The fraction of sp³-hybridized carbons (Fsp3) is 0.462. The number of benzene rings is 1. The Hall–Kier alpha value is -0.780. The van der Waals surface area contributed by atoms with E-state index in [0.29, 0.717) is 5.02 Å². The first-order valence-corrected chi connectivity index (χ1v) is 7.62. The van der Waals surface area contributed by atoms with Crippen molar-refractivity contribution in [1.82, 2.24) is 5.32 Å². The Morgan fingerprint density at radius 1 is 1.30 bits per heavy atom. The molecule has 0 atom stereocenters. The lowest BCUT2D eigenvalue weighted by Gasteiger charge is -2.26. The molecule has 1 fully saturated rings. The van der Waals surface area contributed by atoms with Gasteiger partial charge in [-0.1, -0.05) is 55.3 Å². The maximum Gasteiger partial charge on any atom is 0.332 e. The van der Waals surface area contributed by atoms with Gasteiger partial charge in [-0.25, -0.2) is 9.10 Å². The number of anilines is 1. The Balaban J connectivity index is 2.10. The zero-order chi connectivity index (χ0) is 14.7. The summed E-state index contributed by atoms with van der Waals surface area (Å²) in [4.78, 5) is 12.1. The highest BCUT2D eigenvalue weighted by Crippen LogP contribution is 2.38. The fourth-order valence-corrected chi connectivity index (χ4v) is 3.00. The number of phenols is 1. The van der Waals surface area contributed by atoms with Gasteiger partial charge in [-0.2, -0.15) is 0 Å². The molecule has 0 radical (unpaired) electrons. The van der Waals surface area contributed by atoms with Crippen LogP contribution in [0.4, 0.5) is 10.5 Å². The van der Waals surface area contributed by atoms with Crippen molar-refractivity contribution in [2.75, 3.05) is 4.31 Å². The standard InChI is InChI=1S/C13H16Cl2N2O2S/c14-8-6-10(15)12(18)11(7-8)17(20)13(19)16-9-4-2-1-3-5-9/h6-7,9,18,20H,1-5H2,(H,16,19). The molecule has 1 aliphatic rings. The summed E-state index contributed by atoms with van der Waals surface area (Å²) < 4.78 is 1.03. The molecule has 0 spiro atoms. The molecule has 2 amide bonds. The topological polar surface area (TPSA) is 52.6 Å². The minimum Gasteiger partial charge on any atom is -0.504 e. The largest absolute Gasteiger partial charge is 0.504 e. The van der Waals surface area contributed by atoms with Crippen LogP contribution in [0, 0.1) is 0 Å². The lowest BCUT2D eigenvalue weighted by molar-refractivity contribution is 0.242. The van der Waals surface area contributed by atoms with Crippen molar-refractivity contribution in [3.63, 3.8) is 0 Å². The Morgan fingerprint density at radius 3 is 2.60 bits per heavy atom. The molecule has 0 saturated heterocycles. The van der Waals surface area contributed by atoms with Crippen LogP contribution in [-0.2, 0) is 0 Å². The third kappa shape index (κ3) is 3.65. The van der Waals surface area contributed by atoms with Gasteiger partial charge in [0.25, 0.3) is 0 Å². The summed E-state index contributed by atoms with van der Waals surface area (Å²) in [5, 5.41) is 13.2. The van der Waals surface area contributed by atoms with Crippen molar-refractivity contribution in [3.8, 4) is 5.75 Å². The highest BCUT2D eigenvalue weighted by atomic mass is 35.5. The molecule has 4 nitrogen and oxygen atoms in total. The van der Waals surface area contributed by atoms with Gasteiger partial charge in [0.15, 0.2) is 5.75 Å². The number of aromatic hydroxyl groups is 1. The quantitative estimate of drug-likeness (QED) is 0.702. The number of thiol groups is 1. The molecule has 0 aromatic heterocycles. The van der Waals surface area contributed by atoms with Crippen LogP contribution in [0.1, 0.15) is 32.1 Å². The van der Waals surface area contributed by atoms with Gasteiger partial charge >= 0.3 is 6.03 Å². The molecule has 1 saturated carbocycles. The van der Waals surface area contributed by atoms with Crippen molar-refractivity contribution in [1.29, 1.82) is 0 Å². The summed E-state index contributed by atoms with van der Waals surface area (Å²) in [7, 11) is 0. The minimum atomic E-state index is -0.395. The SMILES string of the molecule is O=C(NC1CCCCC1)N(S)c1cc(Cl)cc(Cl)c1O. The maximum atomic E-state index is 12.1. The van der Waals surface area contributed by atoms with Crippen molar-refractivity contribution >= 4 is 47.7 Å². The average Bonchev–Trinajstić information content (AvgIpc) is 2.43. The van der Waals surface area contributed by atoms with E-state index in [1.165, 1.54) is 18.6 Å². The Labute approximate surface area is 133 Å². The number of phenolic OH excluding ortho intramolecular Hbond substituents is 1. The fourth-order valence-electron chi connectivity index (χ4n) is 2.31. The van der Waals surface area contributed by atoms with Crippen LogP contribution in [0.5, 0.6) is 5.75 Å². The third-order valence-electron chi connectivity index (χ3n) is 3.36. The molecule has 1 aliphatic carbocycles. The first kappa shape index (κ1) is 15.6. The van der Waals surface area contributed by atoms with E-state index in [2.05, 4.69) is 18.1 Å². The number of carbonyl (C=O) groups excluding carboxylic acids is 1. The van der Waals surface area contributed by atoms with Crippen LogP contribution in [0.3, 0.4) is 0 Å². The summed E-state index contributed by atoms with van der Waals surface area (Å²) in [6.45, 7) is 0. The van der Waals surface area contributed by atoms with E-state index < -0.39 is 6.03 Å². The smallest absolute Gasteiger partial charge is 0.332 e. The molecule has 7 heteroatoms. The Morgan fingerprint density at radius 2 is 1.95 bits per heavy atom. The number of hydrogen-bond acceptors (Lipinski definition) is 3. The van der Waals surface area contributed by atoms with Gasteiger partial charge in [0, 0.05) is 11.1 Å². The Bertz CT molecular complexity index is 507. The highest BCUT2D eigenvalue weighted by molar-refractivity contribution is 7.82. The van der Waals surface area contributed by atoms with Crippen LogP contribution < -0.4 is 9.62 Å². The number of carbonyl (C=O) groups is 1. The summed E-state index contributed by atoms with van der Waals surface area (Å²) in [6, 6.07) is 2.61. The van der Waals surface area contributed by atoms with Crippen molar-refractivity contribution < 1.29 is 9.90 Å². The predicted octanol–water partition coefficient (Wildman–Crippen LogP) is 4.39. The molecule has 0 heterocycles. The highest BCUT2D eigenvalue weighted by Gasteiger charge is 2.22. The van der Waals surface area contributed by atoms with Gasteiger partial charge in [-0.05, 0) is 25.0 Å². The van der Waals surface area contributed by atoms with Crippen LogP contribution >= 0.6 is 36.0 Å². The van der Waals surface area contributed by atoms with Gasteiger partial charge < -0.3 is 10.4 Å². The summed E-state index contributed by atoms with van der Waals surface area (Å²) in [6.07, 6.45) is 5.38. The lowest BCUT2D eigenvalue weighted by atomic mass is 9.96. The minimum absolute atomic E-state index is 0.0806. The maximum absolute atomic E-state index is 12.1. The number of amides is 2. The van der Waals surface area contributed by atoms with E-state index in [9.17, 15) is 9.90 Å². The van der Waals surface area contributed by atoms with Crippen molar-refractivity contribution in [2.24, 2.45) is 0 Å². The van der Waals surface area contributed by atoms with Gasteiger partial charge in [0.05, 0.1) is 5.02 Å². The summed E-state index contributed by atoms with van der Waals surface area (Å²) in [5.74, 6) is -0.218. The molecule has 110 valence electrons. The second kappa shape index (κ2) is 6.78. The van der Waals surface area contributed by atoms with E-state index in [1.54, 1.807) is 0 Å². The molecular weight excluding hydrogens is 319 g/mol. The summed E-state index contributed by atoms with van der Waals surface area (Å²) in [5.41, 5.74) is 0.166. The number of urea groups is 1. The van der Waals surface area contributed by atoms with E-state index in [4.69, 9.17) is 23.2 Å². The molecule has 2 rings (SSSR count). The second-order valence-corrected chi connectivity index (χ2v) is 6.10. The number of nitrogens with one attached hydrogen (secondary N) is 1. The molecule has 1 aromatic carbocycles. The van der Waals surface area contributed by atoms with Gasteiger partial charge in [-0.15, -0.1) is 0 Å². The third-order valence-corrected chi connectivity index (χ3v) is 4.26. The molecule has 20 heavy (non-hydrogen) atoms. The van der Waals surface area contributed by atoms with Crippen LogP contribution in [-0.4, -0.2) is 17.2 Å². The summed E-state index contributed by atoms with van der Waals surface area (Å²) >= 11 is 15.8. The number of halogens is 2. The monoisotopic (exact) mass is 334 g/mol. The first-order chi connectivity index (χ1) is 9.49. The zero-order valence-corrected chi connectivity index (χ0v) is 13.2. The lowest BCUT2D eigenvalue weighted by Crippen LogP contribution is -2.42. The molecule has 0 bridgehead atoms. The predicted molar refractivity (Wildman–Crippen MR) is 85.0 cm³/mol. The van der Waals surface area contributed by atoms with E-state index >= 15 is 0 Å². The Kier molecular flexibility index (Phi) is 5.29. The molecule has 2 N–H and O–H groups in total. The van der Waals surface area contributed by atoms with Gasteiger partial charge in [0.1, 0.15) is 5.69 Å². The normalized spacial score (nSPS) is 15.9. The number of hydrogen-bond donors (Lipinski definition) is 3. The van der Waals surface area contributed by atoms with Crippen LogP contribution in [0.25, 0.3) is 0 Å².